The lowest BCUT2D eigenvalue weighted by molar-refractivity contribution is -0.137. The number of nitrogens with one attached hydrogen (secondary N) is 1. The molecule has 0 bridgehead atoms. The second kappa shape index (κ2) is 10.9. The van der Waals surface area contributed by atoms with Gasteiger partial charge in [0.2, 0.25) is 0 Å². The van der Waals surface area contributed by atoms with Gasteiger partial charge in [0.15, 0.2) is 11.6 Å². The molecule has 0 spiro atoms. The van der Waals surface area contributed by atoms with Crippen LogP contribution in [0, 0.1) is 0 Å². The fourth-order valence-corrected chi connectivity index (χ4v) is 5.82. The van der Waals surface area contributed by atoms with Crippen molar-refractivity contribution in [1.29, 1.82) is 0 Å². The molecule has 1 aliphatic rings. The maximum atomic E-state index is 12.8. The minimum absolute atomic E-state index is 0.0338. The van der Waals surface area contributed by atoms with Gasteiger partial charge in [-0.25, -0.2) is 0 Å². The van der Waals surface area contributed by atoms with E-state index >= 15 is 0 Å². The van der Waals surface area contributed by atoms with E-state index < -0.39 is 12.0 Å². The Hall–Kier alpha value is -3.24. The van der Waals surface area contributed by atoms with Gasteiger partial charge in [-0.15, -0.1) is 21.5 Å². The number of fused-ring (bicyclic) bond motifs is 3. The molecule has 12 heteroatoms. The molecule has 38 heavy (non-hydrogen) atoms. The zero-order chi connectivity index (χ0) is 27.0. The number of carbonyl (C=O) groups is 2. The summed E-state index contributed by atoms with van der Waals surface area (Å²) in [6.07, 6.45) is 0.490. The van der Waals surface area contributed by atoms with Gasteiger partial charge in [0, 0.05) is 26.6 Å². The Kier molecular flexibility index (Phi) is 7.54. The molecule has 1 unspecified atom stereocenters. The summed E-state index contributed by atoms with van der Waals surface area (Å²) in [4.78, 5) is 30.6. The van der Waals surface area contributed by atoms with Gasteiger partial charge in [-0.3, -0.25) is 19.1 Å². The molecule has 0 saturated carbocycles. The van der Waals surface area contributed by atoms with Gasteiger partial charge in [-0.2, -0.15) is 0 Å². The van der Waals surface area contributed by atoms with E-state index in [1.54, 1.807) is 22.8 Å². The molecule has 0 saturated heterocycles. The van der Waals surface area contributed by atoms with Gasteiger partial charge in [0.1, 0.15) is 11.0 Å². The molecule has 2 aromatic carbocycles. The highest BCUT2D eigenvalue weighted by molar-refractivity contribution is 7.15. The zero-order valence-corrected chi connectivity index (χ0v) is 23.0. The third-order valence-electron chi connectivity index (χ3n) is 5.99. The number of carboxylic acids is 1. The topological polar surface area (TPSA) is 109 Å². The Labute approximate surface area is 236 Å². The number of aliphatic carboxylic acids is 1. The van der Waals surface area contributed by atoms with Crippen LogP contribution < -0.4 is 5.32 Å². The number of hydrogen-bond acceptors (Lipinski definition) is 6. The first-order valence-corrected chi connectivity index (χ1v) is 13.6. The molecule has 4 aromatic rings. The summed E-state index contributed by atoms with van der Waals surface area (Å²) in [5.74, 6) is -0.588. The van der Waals surface area contributed by atoms with Crippen molar-refractivity contribution in [2.24, 2.45) is 4.99 Å². The summed E-state index contributed by atoms with van der Waals surface area (Å²) >= 11 is 20.1. The molecule has 2 N–H and O–H groups in total. The third kappa shape index (κ3) is 5.07. The van der Waals surface area contributed by atoms with Gasteiger partial charge in [-0.05, 0) is 36.8 Å². The number of aromatic nitrogens is 3. The van der Waals surface area contributed by atoms with Crippen LogP contribution in [0.1, 0.15) is 57.4 Å². The SMILES string of the molecule is CCc1cc2c(s1)-n1c(CNC(=O)c3ccc(Cl)c(Cl)c3)nnc1C(CC(=O)O)N=C2c1ccccc1Cl. The Balaban J connectivity index is 1.59. The molecular weight excluding hydrogens is 569 g/mol. The van der Waals surface area contributed by atoms with Crippen LogP contribution >= 0.6 is 46.1 Å². The van der Waals surface area contributed by atoms with E-state index in [9.17, 15) is 14.7 Å². The highest BCUT2D eigenvalue weighted by Crippen LogP contribution is 2.38. The lowest BCUT2D eigenvalue weighted by atomic mass is 10.0. The predicted molar refractivity (Wildman–Crippen MR) is 148 cm³/mol. The van der Waals surface area contributed by atoms with E-state index in [-0.39, 0.29) is 23.9 Å². The molecule has 1 atom stereocenters. The van der Waals surface area contributed by atoms with Crippen molar-refractivity contribution in [2.45, 2.75) is 32.4 Å². The first kappa shape index (κ1) is 26.4. The minimum Gasteiger partial charge on any atom is -0.481 e. The van der Waals surface area contributed by atoms with Crippen LogP contribution in [0.15, 0.2) is 53.5 Å². The number of amides is 1. The lowest BCUT2D eigenvalue weighted by Crippen LogP contribution is -2.25. The van der Waals surface area contributed by atoms with Crippen LogP contribution in [0.2, 0.25) is 15.1 Å². The van der Waals surface area contributed by atoms with E-state index in [1.807, 2.05) is 24.3 Å². The van der Waals surface area contributed by atoms with Gasteiger partial charge in [-0.1, -0.05) is 59.9 Å². The summed E-state index contributed by atoms with van der Waals surface area (Å²) in [7, 11) is 0. The second-order valence-corrected chi connectivity index (χ2v) is 10.8. The monoisotopic (exact) mass is 587 g/mol. The van der Waals surface area contributed by atoms with Crippen molar-refractivity contribution in [3.8, 4) is 5.00 Å². The number of benzene rings is 2. The Bertz CT molecular complexity index is 1600. The highest BCUT2D eigenvalue weighted by atomic mass is 35.5. The molecule has 1 amide bonds. The average molecular weight is 589 g/mol. The molecule has 2 aromatic heterocycles. The summed E-state index contributed by atoms with van der Waals surface area (Å²) < 4.78 is 1.80. The van der Waals surface area contributed by atoms with Crippen LogP contribution in [-0.4, -0.2) is 37.5 Å². The average Bonchev–Trinajstić information content (AvgIpc) is 3.48. The van der Waals surface area contributed by atoms with Crippen molar-refractivity contribution >= 4 is 63.7 Å². The molecule has 3 heterocycles. The second-order valence-electron chi connectivity index (χ2n) is 8.48. The van der Waals surface area contributed by atoms with Crippen molar-refractivity contribution in [1.82, 2.24) is 20.1 Å². The van der Waals surface area contributed by atoms with Crippen molar-refractivity contribution in [3.63, 3.8) is 0 Å². The van der Waals surface area contributed by atoms with Crippen LogP contribution in [-0.2, 0) is 17.8 Å². The molecule has 1 aliphatic heterocycles. The summed E-state index contributed by atoms with van der Waals surface area (Å²) in [6.45, 7) is 2.09. The quantitative estimate of drug-likeness (QED) is 0.269. The van der Waals surface area contributed by atoms with Crippen molar-refractivity contribution in [2.75, 3.05) is 0 Å². The number of aryl methyl sites for hydroxylation is 1. The van der Waals surface area contributed by atoms with E-state index in [0.717, 1.165) is 21.9 Å². The molecule has 0 aliphatic carbocycles. The third-order valence-corrected chi connectivity index (χ3v) is 8.33. The maximum Gasteiger partial charge on any atom is 0.306 e. The summed E-state index contributed by atoms with van der Waals surface area (Å²) in [6, 6.07) is 13.1. The molecule has 0 fully saturated rings. The number of rotatable bonds is 7. The Morgan fingerprint density at radius 3 is 2.53 bits per heavy atom. The normalized spacial score (nSPS) is 14.3. The summed E-state index contributed by atoms with van der Waals surface area (Å²) in [5.41, 5.74) is 2.42. The minimum atomic E-state index is -1.03. The van der Waals surface area contributed by atoms with Crippen molar-refractivity contribution < 1.29 is 14.7 Å². The van der Waals surface area contributed by atoms with Crippen molar-refractivity contribution in [3.05, 3.63) is 96.8 Å². The number of thiophene rings is 1. The predicted octanol–water partition coefficient (Wildman–Crippen LogP) is 6.15. The number of hydrogen-bond donors (Lipinski definition) is 2. The molecule has 5 rings (SSSR count). The fourth-order valence-electron chi connectivity index (χ4n) is 4.18. The van der Waals surface area contributed by atoms with Gasteiger partial charge in [0.25, 0.3) is 5.91 Å². The van der Waals surface area contributed by atoms with Gasteiger partial charge in [0.05, 0.1) is 28.7 Å². The standard InChI is InChI=1S/C26H20Cl3N5O3S/c1-2-14-10-16-23(15-5-3-4-6-17(15)27)31-20(11-22(35)36)24-33-32-21(34(24)26(16)38-14)12-30-25(37)13-7-8-18(28)19(29)9-13/h3-10,20H,2,11-12H2,1H3,(H,30,37)(H,35,36). The van der Waals surface area contributed by atoms with Crippen LogP contribution in [0.25, 0.3) is 5.00 Å². The number of aliphatic imine (C=N–C) groups is 1. The Morgan fingerprint density at radius 1 is 1.03 bits per heavy atom. The largest absolute Gasteiger partial charge is 0.481 e. The smallest absolute Gasteiger partial charge is 0.306 e. The lowest BCUT2D eigenvalue weighted by Gasteiger charge is -2.12. The maximum absolute atomic E-state index is 12.8. The van der Waals surface area contributed by atoms with E-state index in [1.165, 1.54) is 17.4 Å². The number of carboxylic acid groups (broad SMARTS) is 1. The van der Waals surface area contributed by atoms with E-state index in [2.05, 4.69) is 22.4 Å². The molecule has 8 nitrogen and oxygen atoms in total. The number of nitrogens with zero attached hydrogens (tertiary/aromatic N) is 4. The van der Waals surface area contributed by atoms with Gasteiger partial charge >= 0.3 is 5.97 Å². The fraction of sp³-hybridized carbons (Fsp3) is 0.192. The summed E-state index contributed by atoms with van der Waals surface area (Å²) in [5, 5.41) is 23.1. The van der Waals surface area contributed by atoms with Crippen LogP contribution in [0.3, 0.4) is 0 Å². The first-order chi connectivity index (χ1) is 18.3. The van der Waals surface area contributed by atoms with Crippen LogP contribution in [0.4, 0.5) is 0 Å². The zero-order valence-electron chi connectivity index (χ0n) is 19.9. The first-order valence-electron chi connectivity index (χ1n) is 11.6. The highest BCUT2D eigenvalue weighted by Gasteiger charge is 2.32. The van der Waals surface area contributed by atoms with Crippen LogP contribution in [0.5, 0.6) is 0 Å². The van der Waals surface area contributed by atoms with E-state index in [4.69, 9.17) is 39.8 Å². The van der Waals surface area contributed by atoms with Gasteiger partial charge < -0.3 is 10.4 Å². The molecular formula is C26H20Cl3N5O3S. The van der Waals surface area contributed by atoms with E-state index in [0.29, 0.717) is 38.5 Å². The molecule has 0 radical (unpaired) electrons. The molecule has 194 valence electrons. The number of halogens is 3. The Morgan fingerprint density at radius 2 is 1.82 bits per heavy atom. The number of carbonyl (C=O) groups excluding carboxylic acids is 1.